The standard InChI is InChI=1S/C9H15NO5S/c1-6(9(12)13)10-8(11)4-7-2-3-16(14,15)5-7/h6-7H,2-5H2,1H3,(H,10,11)(H,12,13)/t6-,7?/m0/s1. The molecule has 2 N–H and O–H groups in total. The van der Waals surface area contributed by atoms with E-state index in [1.165, 1.54) is 6.92 Å². The van der Waals surface area contributed by atoms with Crippen molar-refractivity contribution in [2.45, 2.75) is 25.8 Å². The Hall–Kier alpha value is -1.11. The highest BCUT2D eigenvalue weighted by molar-refractivity contribution is 7.91. The van der Waals surface area contributed by atoms with E-state index in [0.29, 0.717) is 6.42 Å². The topological polar surface area (TPSA) is 101 Å². The summed E-state index contributed by atoms with van der Waals surface area (Å²) < 4.78 is 22.3. The molecule has 1 aliphatic heterocycles. The molecule has 6 nitrogen and oxygen atoms in total. The van der Waals surface area contributed by atoms with Gasteiger partial charge in [-0.15, -0.1) is 0 Å². The van der Waals surface area contributed by atoms with Crippen molar-refractivity contribution >= 4 is 21.7 Å². The lowest BCUT2D eigenvalue weighted by Crippen LogP contribution is -2.39. The maximum absolute atomic E-state index is 11.4. The van der Waals surface area contributed by atoms with E-state index in [4.69, 9.17) is 5.11 Å². The summed E-state index contributed by atoms with van der Waals surface area (Å²) in [5.74, 6) is -1.53. The van der Waals surface area contributed by atoms with Crippen LogP contribution in [0.4, 0.5) is 0 Å². The largest absolute Gasteiger partial charge is 0.480 e. The first kappa shape index (κ1) is 13.0. The predicted octanol–water partition coefficient (Wildman–Crippen LogP) is -0.599. The van der Waals surface area contributed by atoms with Crippen molar-refractivity contribution in [2.75, 3.05) is 11.5 Å². The minimum atomic E-state index is -2.98. The molecule has 0 spiro atoms. The zero-order chi connectivity index (χ0) is 12.3. The van der Waals surface area contributed by atoms with Gasteiger partial charge < -0.3 is 10.4 Å². The van der Waals surface area contributed by atoms with Gasteiger partial charge in [0.25, 0.3) is 0 Å². The number of carboxylic acid groups (broad SMARTS) is 1. The minimum Gasteiger partial charge on any atom is -0.480 e. The fourth-order valence-electron chi connectivity index (χ4n) is 1.66. The van der Waals surface area contributed by atoms with Gasteiger partial charge in [0.15, 0.2) is 9.84 Å². The quantitative estimate of drug-likeness (QED) is 0.693. The summed E-state index contributed by atoms with van der Waals surface area (Å²) in [6, 6.07) is -0.939. The van der Waals surface area contributed by atoms with Crippen LogP contribution in [-0.2, 0) is 19.4 Å². The Bertz CT molecular complexity index is 389. The number of rotatable bonds is 4. The normalized spacial score (nSPS) is 24.9. The second kappa shape index (κ2) is 4.82. The third-order valence-corrected chi connectivity index (χ3v) is 4.39. The molecule has 0 aromatic rings. The summed E-state index contributed by atoms with van der Waals surface area (Å²) in [4.78, 5) is 21.8. The summed E-state index contributed by atoms with van der Waals surface area (Å²) in [5, 5.41) is 10.9. The number of sulfone groups is 1. The number of nitrogens with one attached hydrogen (secondary N) is 1. The SMILES string of the molecule is C[C@H](NC(=O)CC1CCS(=O)(=O)C1)C(=O)O. The van der Waals surface area contributed by atoms with Crippen LogP contribution in [-0.4, -0.2) is 42.9 Å². The Kier molecular flexibility index (Phi) is 3.90. The van der Waals surface area contributed by atoms with Gasteiger partial charge in [0, 0.05) is 6.42 Å². The van der Waals surface area contributed by atoms with Crippen LogP contribution in [0.5, 0.6) is 0 Å². The summed E-state index contributed by atoms with van der Waals surface area (Å²) in [6.45, 7) is 1.37. The van der Waals surface area contributed by atoms with Gasteiger partial charge in [0.1, 0.15) is 6.04 Å². The minimum absolute atomic E-state index is 0.0296. The van der Waals surface area contributed by atoms with Crippen LogP contribution in [0.3, 0.4) is 0 Å². The van der Waals surface area contributed by atoms with Crippen LogP contribution < -0.4 is 5.32 Å². The van der Waals surface area contributed by atoms with Crippen molar-refractivity contribution in [2.24, 2.45) is 5.92 Å². The van der Waals surface area contributed by atoms with Crippen LogP contribution >= 0.6 is 0 Å². The molecule has 1 fully saturated rings. The number of amides is 1. The monoisotopic (exact) mass is 249 g/mol. The Morgan fingerprint density at radius 1 is 1.50 bits per heavy atom. The fourth-order valence-corrected chi connectivity index (χ4v) is 3.52. The highest BCUT2D eigenvalue weighted by Crippen LogP contribution is 2.21. The Morgan fingerprint density at radius 3 is 2.56 bits per heavy atom. The highest BCUT2D eigenvalue weighted by Gasteiger charge is 2.29. The van der Waals surface area contributed by atoms with E-state index in [0.717, 1.165) is 0 Å². The van der Waals surface area contributed by atoms with Gasteiger partial charge in [0.05, 0.1) is 11.5 Å². The molecule has 0 aliphatic carbocycles. The zero-order valence-electron chi connectivity index (χ0n) is 8.97. The molecule has 2 atom stereocenters. The molecule has 1 heterocycles. The Balaban J connectivity index is 2.39. The molecule has 1 unspecified atom stereocenters. The first-order valence-corrected chi connectivity index (χ1v) is 6.85. The number of carbonyl (C=O) groups excluding carboxylic acids is 1. The van der Waals surface area contributed by atoms with Crippen LogP contribution in [0.15, 0.2) is 0 Å². The van der Waals surface area contributed by atoms with Gasteiger partial charge in [-0.2, -0.15) is 0 Å². The number of hydrogen-bond donors (Lipinski definition) is 2. The molecular weight excluding hydrogens is 234 g/mol. The summed E-state index contributed by atoms with van der Waals surface area (Å²) in [5.41, 5.74) is 0. The number of aliphatic carboxylic acids is 1. The van der Waals surface area contributed by atoms with Gasteiger partial charge in [-0.25, -0.2) is 8.42 Å². The summed E-state index contributed by atoms with van der Waals surface area (Å²) >= 11 is 0. The van der Waals surface area contributed by atoms with E-state index in [9.17, 15) is 18.0 Å². The van der Waals surface area contributed by atoms with E-state index in [-0.39, 0.29) is 23.8 Å². The average Bonchev–Trinajstić information content (AvgIpc) is 2.44. The molecule has 0 saturated carbocycles. The first-order valence-electron chi connectivity index (χ1n) is 5.03. The second-order valence-electron chi connectivity index (χ2n) is 4.10. The number of carboxylic acids is 1. The van der Waals surface area contributed by atoms with Crippen molar-refractivity contribution in [1.82, 2.24) is 5.32 Å². The second-order valence-corrected chi connectivity index (χ2v) is 6.33. The van der Waals surface area contributed by atoms with E-state index < -0.39 is 27.8 Å². The average molecular weight is 249 g/mol. The van der Waals surface area contributed by atoms with Crippen molar-refractivity contribution < 1.29 is 23.1 Å². The molecule has 0 bridgehead atoms. The first-order chi connectivity index (χ1) is 7.30. The molecule has 0 aromatic carbocycles. The maximum atomic E-state index is 11.4. The fraction of sp³-hybridized carbons (Fsp3) is 0.778. The van der Waals surface area contributed by atoms with Crippen molar-refractivity contribution in [3.05, 3.63) is 0 Å². The molecule has 1 rings (SSSR count). The van der Waals surface area contributed by atoms with E-state index >= 15 is 0 Å². The van der Waals surface area contributed by atoms with Crippen LogP contribution in [0.25, 0.3) is 0 Å². The number of carbonyl (C=O) groups is 2. The third-order valence-electron chi connectivity index (χ3n) is 2.55. The Morgan fingerprint density at radius 2 is 2.12 bits per heavy atom. The van der Waals surface area contributed by atoms with Crippen LogP contribution in [0.2, 0.25) is 0 Å². The van der Waals surface area contributed by atoms with Gasteiger partial charge in [-0.05, 0) is 19.3 Å². The van der Waals surface area contributed by atoms with E-state index in [2.05, 4.69) is 5.32 Å². The summed E-state index contributed by atoms with van der Waals surface area (Å²) in [7, 11) is -2.98. The van der Waals surface area contributed by atoms with Gasteiger partial charge >= 0.3 is 5.97 Å². The molecule has 7 heteroatoms. The van der Waals surface area contributed by atoms with Crippen molar-refractivity contribution in [1.29, 1.82) is 0 Å². The molecule has 92 valence electrons. The van der Waals surface area contributed by atoms with Crippen LogP contribution in [0, 0.1) is 5.92 Å². The molecule has 0 radical (unpaired) electrons. The van der Waals surface area contributed by atoms with E-state index in [1.807, 2.05) is 0 Å². The predicted molar refractivity (Wildman–Crippen MR) is 56.6 cm³/mol. The van der Waals surface area contributed by atoms with E-state index in [1.54, 1.807) is 0 Å². The maximum Gasteiger partial charge on any atom is 0.325 e. The molecule has 1 amide bonds. The van der Waals surface area contributed by atoms with Gasteiger partial charge in [0.2, 0.25) is 5.91 Å². The van der Waals surface area contributed by atoms with Crippen molar-refractivity contribution in [3.8, 4) is 0 Å². The van der Waals surface area contributed by atoms with Gasteiger partial charge in [-0.3, -0.25) is 9.59 Å². The number of hydrogen-bond acceptors (Lipinski definition) is 4. The molecule has 1 aliphatic rings. The molecular formula is C9H15NO5S. The lowest BCUT2D eigenvalue weighted by Gasteiger charge is -2.11. The highest BCUT2D eigenvalue weighted by atomic mass is 32.2. The molecule has 0 aromatic heterocycles. The lowest BCUT2D eigenvalue weighted by atomic mass is 10.0. The third kappa shape index (κ3) is 3.80. The lowest BCUT2D eigenvalue weighted by molar-refractivity contribution is -0.141. The van der Waals surface area contributed by atoms with Crippen LogP contribution in [0.1, 0.15) is 19.8 Å². The summed E-state index contributed by atoms with van der Waals surface area (Å²) in [6.07, 6.45) is 0.564. The molecule has 1 saturated heterocycles. The molecule has 16 heavy (non-hydrogen) atoms. The van der Waals surface area contributed by atoms with Gasteiger partial charge in [-0.1, -0.05) is 0 Å². The van der Waals surface area contributed by atoms with Crippen molar-refractivity contribution in [3.63, 3.8) is 0 Å². The Labute approximate surface area is 93.9 Å². The zero-order valence-corrected chi connectivity index (χ0v) is 9.79. The smallest absolute Gasteiger partial charge is 0.325 e.